The molecule has 1 heterocycles. The standard InChI is InChI=1S/C12H13FN2O2/c13-11-7-6-10(15-12(11)9-14-17)5-3-1-2-4-8-16/h6-7,9,16-17H,1-2,4,8H2/b14-9+. The molecule has 0 bridgehead atoms. The highest BCUT2D eigenvalue weighted by atomic mass is 19.1. The molecule has 0 aliphatic rings. The quantitative estimate of drug-likeness (QED) is 0.274. The molecule has 0 radical (unpaired) electrons. The molecule has 0 atom stereocenters. The van der Waals surface area contributed by atoms with E-state index in [4.69, 9.17) is 10.3 Å². The van der Waals surface area contributed by atoms with Crippen LogP contribution in [0.25, 0.3) is 0 Å². The molecule has 0 saturated carbocycles. The zero-order chi connectivity index (χ0) is 12.5. The molecule has 0 unspecified atom stereocenters. The van der Waals surface area contributed by atoms with Gasteiger partial charge in [-0.15, -0.1) is 0 Å². The molecule has 1 rings (SSSR count). The number of halogens is 1. The SMILES string of the molecule is OCCCCC#Cc1ccc(F)c(/C=N/O)n1. The van der Waals surface area contributed by atoms with Gasteiger partial charge in [-0.25, -0.2) is 9.37 Å². The van der Waals surface area contributed by atoms with E-state index in [1.807, 2.05) is 0 Å². The summed E-state index contributed by atoms with van der Waals surface area (Å²) in [5.41, 5.74) is 0.375. The lowest BCUT2D eigenvalue weighted by Crippen LogP contribution is -1.95. The highest BCUT2D eigenvalue weighted by Gasteiger charge is 2.01. The number of hydrogen-bond acceptors (Lipinski definition) is 4. The van der Waals surface area contributed by atoms with Gasteiger partial charge in [-0.1, -0.05) is 11.1 Å². The summed E-state index contributed by atoms with van der Waals surface area (Å²) in [6.45, 7) is 0.160. The summed E-state index contributed by atoms with van der Waals surface area (Å²) in [6, 6.07) is 2.69. The van der Waals surface area contributed by atoms with Crippen molar-refractivity contribution < 1.29 is 14.7 Å². The third-order valence-electron chi connectivity index (χ3n) is 1.98. The minimum Gasteiger partial charge on any atom is -0.411 e. The van der Waals surface area contributed by atoms with Crippen LogP contribution < -0.4 is 0 Å². The van der Waals surface area contributed by atoms with Gasteiger partial charge in [-0.05, 0) is 30.9 Å². The van der Waals surface area contributed by atoms with Crippen LogP contribution in [0, 0.1) is 17.7 Å². The van der Waals surface area contributed by atoms with Gasteiger partial charge in [0.15, 0.2) is 5.82 Å². The Hall–Kier alpha value is -1.93. The number of hydrogen-bond donors (Lipinski definition) is 2. The van der Waals surface area contributed by atoms with E-state index in [2.05, 4.69) is 22.0 Å². The van der Waals surface area contributed by atoms with Crippen LogP contribution in [-0.2, 0) is 0 Å². The average Bonchev–Trinajstić information content (AvgIpc) is 2.33. The minimum absolute atomic E-state index is 0.0466. The maximum Gasteiger partial charge on any atom is 0.150 e. The summed E-state index contributed by atoms with van der Waals surface area (Å²) in [5, 5.41) is 19.6. The summed E-state index contributed by atoms with van der Waals surface area (Å²) in [5.74, 6) is 5.09. The predicted octanol–water partition coefficient (Wildman–Crippen LogP) is 1.54. The predicted molar refractivity (Wildman–Crippen MR) is 61.4 cm³/mol. The molecular weight excluding hydrogens is 223 g/mol. The van der Waals surface area contributed by atoms with Gasteiger partial charge in [0.1, 0.15) is 11.4 Å². The number of pyridine rings is 1. The van der Waals surface area contributed by atoms with Crippen molar-refractivity contribution in [2.45, 2.75) is 19.3 Å². The Balaban J connectivity index is 2.68. The lowest BCUT2D eigenvalue weighted by molar-refractivity contribution is 0.285. The fourth-order valence-electron chi connectivity index (χ4n) is 1.15. The lowest BCUT2D eigenvalue weighted by atomic mass is 10.2. The third kappa shape index (κ3) is 4.62. The van der Waals surface area contributed by atoms with Crippen LogP contribution in [0.1, 0.15) is 30.7 Å². The Bertz CT molecular complexity index is 450. The number of aromatic nitrogens is 1. The Labute approximate surface area is 98.8 Å². The van der Waals surface area contributed by atoms with Crippen molar-refractivity contribution in [2.24, 2.45) is 5.16 Å². The van der Waals surface area contributed by atoms with Crippen LogP contribution in [0.3, 0.4) is 0 Å². The van der Waals surface area contributed by atoms with Crippen LogP contribution in [0.2, 0.25) is 0 Å². The van der Waals surface area contributed by atoms with Gasteiger partial charge < -0.3 is 10.3 Å². The first-order valence-electron chi connectivity index (χ1n) is 5.21. The molecule has 1 aromatic heterocycles. The maximum atomic E-state index is 13.1. The van der Waals surface area contributed by atoms with E-state index in [0.29, 0.717) is 18.5 Å². The molecule has 2 N–H and O–H groups in total. The summed E-state index contributed by atoms with van der Waals surface area (Å²) in [4.78, 5) is 3.87. The van der Waals surface area contributed by atoms with Crippen LogP contribution >= 0.6 is 0 Å². The normalized spacial score (nSPS) is 10.2. The van der Waals surface area contributed by atoms with Gasteiger partial charge >= 0.3 is 0 Å². The van der Waals surface area contributed by atoms with Gasteiger partial charge in [0.25, 0.3) is 0 Å². The number of nitrogens with zero attached hydrogens (tertiary/aromatic N) is 2. The minimum atomic E-state index is -0.561. The zero-order valence-corrected chi connectivity index (χ0v) is 9.23. The van der Waals surface area contributed by atoms with Gasteiger partial charge in [0, 0.05) is 13.0 Å². The summed E-state index contributed by atoms with van der Waals surface area (Å²) in [7, 11) is 0. The monoisotopic (exact) mass is 236 g/mol. The van der Waals surface area contributed by atoms with E-state index in [0.717, 1.165) is 12.6 Å². The van der Waals surface area contributed by atoms with Crippen molar-refractivity contribution in [2.75, 3.05) is 6.61 Å². The van der Waals surface area contributed by atoms with Crippen molar-refractivity contribution in [1.82, 2.24) is 4.98 Å². The maximum absolute atomic E-state index is 13.1. The Morgan fingerprint density at radius 3 is 2.94 bits per heavy atom. The van der Waals surface area contributed by atoms with E-state index >= 15 is 0 Å². The molecule has 0 aliphatic carbocycles. The van der Waals surface area contributed by atoms with Crippen molar-refractivity contribution in [3.63, 3.8) is 0 Å². The zero-order valence-electron chi connectivity index (χ0n) is 9.23. The van der Waals surface area contributed by atoms with Crippen molar-refractivity contribution in [1.29, 1.82) is 0 Å². The topological polar surface area (TPSA) is 65.7 Å². The molecule has 0 saturated heterocycles. The highest BCUT2D eigenvalue weighted by Crippen LogP contribution is 2.03. The van der Waals surface area contributed by atoms with Crippen molar-refractivity contribution >= 4 is 6.21 Å². The van der Waals surface area contributed by atoms with Gasteiger partial charge in [0.2, 0.25) is 0 Å². The number of oxime groups is 1. The largest absolute Gasteiger partial charge is 0.411 e. The molecule has 17 heavy (non-hydrogen) atoms. The second-order valence-corrected chi connectivity index (χ2v) is 3.29. The van der Waals surface area contributed by atoms with E-state index < -0.39 is 5.82 Å². The van der Waals surface area contributed by atoms with Gasteiger partial charge in [0.05, 0.1) is 6.21 Å². The van der Waals surface area contributed by atoms with Crippen molar-refractivity contribution in [3.8, 4) is 11.8 Å². The molecule has 5 heteroatoms. The van der Waals surface area contributed by atoms with Crippen LogP contribution in [0.15, 0.2) is 17.3 Å². The average molecular weight is 236 g/mol. The molecular formula is C12H13FN2O2. The lowest BCUT2D eigenvalue weighted by Gasteiger charge is -1.95. The number of aliphatic hydroxyl groups excluding tert-OH is 1. The molecule has 90 valence electrons. The Kier molecular flexibility index (Phi) is 5.69. The molecule has 0 aliphatic heterocycles. The third-order valence-corrected chi connectivity index (χ3v) is 1.98. The number of aliphatic hydroxyl groups is 1. The first kappa shape index (κ1) is 13.1. The smallest absolute Gasteiger partial charge is 0.150 e. The molecule has 0 fully saturated rings. The van der Waals surface area contributed by atoms with E-state index in [1.165, 1.54) is 12.1 Å². The molecule has 4 nitrogen and oxygen atoms in total. The Morgan fingerprint density at radius 1 is 1.41 bits per heavy atom. The number of unbranched alkanes of at least 4 members (excludes halogenated alkanes) is 2. The Morgan fingerprint density at radius 2 is 2.24 bits per heavy atom. The summed E-state index contributed by atoms with van der Waals surface area (Å²) >= 11 is 0. The van der Waals surface area contributed by atoms with E-state index in [1.54, 1.807) is 0 Å². The van der Waals surface area contributed by atoms with Crippen molar-refractivity contribution in [3.05, 3.63) is 29.3 Å². The van der Waals surface area contributed by atoms with Crippen LogP contribution in [0.5, 0.6) is 0 Å². The van der Waals surface area contributed by atoms with E-state index in [9.17, 15) is 4.39 Å². The van der Waals surface area contributed by atoms with Crippen LogP contribution in [0.4, 0.5) is 4.39 Å². The van der Waals surface area contributed by atoms with Gasteiger partial charge in [-0.3, -0.25) is 0 Å². The first-order chi connectivity index (χ1) is 8.27. The van der Waals surface area contributed by atoms with E-state index in [-0.39, 0.29) is 12.3 Å². The summed E-state index contributed by atoms with van der Waals surface area (Å²) in [6.07, 6.45) is 3.11. The molecule has 0 aromatic carbocycles. The van der Waals surface area contributed by atoms with Crippen LogP contribution in [-0.4, -0.2) is 28.1 Å². The number of rotatable bonds is 4. The molecule has 1 aromatic rings. The molecule has 0 amide bonds. The summed E-state index contributed by atoms with van der Waals surface area (Å²) < 4.78 is 13.1. The van der Waals surface area contributed by atoms with Gasteiger partial charge in [-0.2, -0.15) is 0 Å². The fourth-order valence-corrected chi connectivity index (χ4v) is 1.15. The molecule has 0 spiro atoms. The first-order valence-corrected chi connectivity index (χ1v) is 5.21. The second-order valence-electron chi connectivity index (χ2n) is 3.29. The highest BCUT2D eigenvalue weighted by molar-refractivity contribution is 5.76. The fraction of sp³-hybridized carbons (Fsp3) is 0.333. The second kappa shape index (κ2) is 7.36.